The van der Waals surface area contributed by atoms with Crippen LogP contribution in [0.1, 0.15) is 39.0 Å². The highest BCUT2D eigenvalue weighted by molar-refractivity contribution is 7.80. The summed E-state index contributed by atoms with van der Waals surface area (Å²) in [6.07, 6.45) is 4.46. The Bertz CT molecular complexity index is 337. The molecule has 136 valence electrons. The molecule has 0 amide bonds. The van der Waals surface area contributed by atoms with E-state index >= 15 is 0 Å². The molecule has 0 radical (unpaired) electrons. The van der Waals surface area contributed by atoms with Crippen LogP contribution in [0.2, 0.25) is 0 Å². The van der Waals surface area contributed by atoms with Gasteiger partial charge < -0.3 is 20.2 Å². The van der Waals surface area contributed by atoms with Crippen molar-refractivity contribution in [1.82, 2.24) is 4.90 Å². The minimum atomic E-state index is -4.16. The molecular formula is C13H31NO7S. The van der Waals surface area contributed by atoms with Crippen LogP contribution >= 0.6 is 0 Å². The summed E-state index contributed by atoms with van der Waals surface area (Å²) < 4.78 is 29.7. The quantitative estimate of drug-likeness (QED) is 0.305. The Morgan fingerprint density at radius 3 is 2.00 bits per heavy atom. The Balaban J connectivity index is 0. The molecule has 9 heteroatoms. The van der Waals surface area contributed by atoms with E-state index in [0.29, 0.717) is 13.1 Å². The third-order valence-corrected chi connectivity index (χ3v) is 3.28. The van der Waals surface area contributed by atoms with Gasteiger partial charge in [0, 0.05) is 13.1 Å². The fraction of sp³-hybridized carbons (Fsp3) is 1.00. The largest absolute Gasteiger partial charge is 0.397 e. The molecule has 0 bridgehead atoms. The van der Waals surface area contributed by atoms with E-state index in [9.17, 15) is 18.6 Å². The summed E-state index contributed by atoms with van der Waals surface area (Å²) in [6, 6.07) is 0. The molecule has 0 saturated carbocycles. The van der Waals surface area contributed by atoms with Crippen LogP contribution in [0.25, 0.3) is 0 Å². The second-order valence-corrected chi connectivity index (χ2v) is 6.34. The van der Waals surface area contributed by atoms with Gasteiger partial charge in [-0.2, -0.15) is 8.42 Å². The standard InChI is InChI=1S/C12H27NO3.CH4O4S/c1-3-4-5-6-7-11(15)8-13(2)9-12(16)10-14;1-5-6(2,3)4/h11-12,14-16H,3-10H2,1-2H3;1H3,(H,2,3,4). The van der Waals surface area contributed by atoms with Gasteiger partial charge in [-0.05, 0) is 13.5 Å². The first-order chi connectivity index (χ1) is 10.2. The number of hydrogen-bond acceptors (Lipinski definition) is 7. The maximum Gasteiger partial charge on any atom is 0.397 e. The fourth-order valence-electron chi connectivity index (χ4n) is 1.75. The Hall–Kier alpha value is -0.290. The first-order valence-corrected chi connectivity index (χ1v) is 8.71. The smallest absolute Gasteiger partial charge is 0.394 e. The number of nitrogens with zero attached hydrogens (tertiary/aromatic N) is 1. The summed E-state index contributed by atoms with van der Waals surface area (Å²) in [6.45, 7) is 2.91. The van der Waals surface area contributed by atoms with Gasteiger partial charge in [0.15, 0.2) is 0 Å². The normalized spacial score (nSPS) is 14.4. The number of likely N-dealkylation sites (N-methyl/N-ethyl adjacent to an activating group) is 1. The van der Waals surface area contributed by atoms with Crippen LogP contribution < -0.4 is 0 Å². The average Bonchev–Trinajstić information content (AvgIpc) is 2.43. The minimum absolute atomic E-state index is 0.225. The van der Waals surface area contributed by atoms with Crippen LogP contribution in [0.4, 0.5) is 0 Å². The molecular weight excluding hydrogens is 314 g/mol. The van der Waals surface area contributed by atoms with Crippen LogP contribution in [0.3, 0.4) is 0 Å². The van der Waals surface area contributed by atoms with E-state index in [1.165, 1.54) is 19.3 Å². The number of hydrogen-bond donors (Lipinski definition) is 4. The van der Waals surface area contributed by atoms with Crippen molar-refractivity contribution in [3.05, 3.63) is 0 Å². The monoisotopic (exact) mass is 345 g/mol. The van der Waals surface area contributed by atoms with Crippen LogP contribution in [0.5, 0.6) is 0 Å². The molecule has 0 aliphatic heterocycles. The zero-order valence-corrected chi connectivity index (χ0v) is 14.5. The van der Waals surface area contributed by atoms with Crippen molar-refractivity contribution < 1.29 is 32.5 Å². The summed E-state index contributed by atoms with van der Waals surface area (Å²) in [5.74, 6) is 0. The Morgan fingerprint density at radius 2 is 1.59 bits per heavy atom. The van der Waals surface area contributed by atoms with Gasteiger partial charge in [-0.15, -0.1) is 0 Å². The van der Waals surface area contributed by atoms with Gasteiger partial charge in [0.2, 0.25) is 0 Å². The molecule has 0 aromatic heterocycles. The molecule has 0 aromatic carbocycles. The van der Waals surface area contributed by atoms with Crippen LogP contribution in [-0.4, -0.2) is 79.3 Å². The van der Waals surface area contributed by atoms with Gasteiger partial charge in [-0.25, -0.2) is 0 Å². The van der Waals surface area contributed by atoms with Crippen LogP contribution in [0.15, 0.2) is 0 Å². The predicted octanol–water partition coefficient (Wildman–Crippen LogP) is 0.0383. The van der Waals surface area contributed by atoms with E-state index in [1.54, 1.807) is 0 Å². The highest BCUT2D eigenvalue weighted by Gasteiger charge is 2.11. The Labute approximate surface area is 133 Å². The van der Waals surface area contributed by atoms with Gasteiger partial charge in [0.25, 0.3) is 0 Å². The summed E-state index contributed by atoms with van der Waals surface area (Å²) in [4.78, 5) is 1.85. The zero-order chi connectivity index (χ0) is 17.6. The third kappa shape index (κ3) is 19.7. The number of unbranched alkanes of at least 4 members (excludes halogenated alkanes) is 3. The van der Waals surface area contributed by atoms with Crippen LogP contribution in [-0.2, 0) is 14.6 Å². The van der Waals surface area contributed by atoms with E-state index in [0.717, 1.165) is 20.0 Å². The molecule has 0 rings (SSSR count). The van der Waals surface area contributed by atoms with Gasteiger partial charge >= 0.3 is 10.4 Å². The van der Waals surface area contributed by atoms with E-state index < -0.39 is 16.5 Å². The number of rotatable bonds is 11. The molecule has 0 spiro atoms. The maximum absolute atomic E-state index is 9.72. The number of aliphatic hydroxyl groups excluding tert-OH is 3. The summed E-state index contributed by atoms with van der Waals surface area (Å²) in [5.41, 5.74) is 0. The second kappa shape index (κ2) is 14.3. The topological polar surface area (TPSA) is 128 Å². The van der Waals surface area contributed by atoms with E-state index in [4.69, 9.17) is 9.66 Å². The Morgan fingerprint density at radius 1 is 1.09 bits per heavy atom. The molecule has 0 aromatic rings. The lowest BCUT2D eigenvalue weighted by Crippen LogP contribution is -2.36. The van der Waals surface area contributed by atoms with Gasteiger partial charge in [-0.1, -0.05) is 32.6 Å². The van der Waals surface area contributed by atoms with Gasteiger partial charge in [-0.3, -0.25) is 8.74 Å². The minimum Gasteiger partial charge on any atom is -0.394 e. The van der Waals surface area contributed by atoms with Gasteiger partial charge in [0.05, 0.1) is 25.9 Å². The highest BCUT2D eigenvalue weighted by Crippen LogP contribution is 2.06. The van der Waals surface area contributed by atoms with Crippen molar-refractivity contribution in [2.24, 2.45) is 0 Å². The first-order valence-electron chi connectivity index (χ1n) is 7.34. The molecule has 0 saturated heterocycles. The molecule has 0 heterocycles. The molecule has 8 nitrogen and oxygen atoms in total. The molecule has 0 fully saturated rings. The third-order valence-electron chi connectivity index (χ3n) is 2.86. The van der Waals surface area contributed by atoms with Gasteiger partial charge in [0.1, 0.15) is 0 Å². The summed E-state index contributed by atoms with van der Waals surface area (Å²) in [7, 11) is -1.45. The molecule has 0 aliphatic rings. The number of aliphatic hydroxyl groups is 3. The lowest BCUT2D eigenvalue weighted by Gasteiger charge is -2.22. The molecule has 22 heavy (non-hydrogen) atoms. The van der Waals surface area contributed by atoms with Crippen molar-refractivity contribution in [2.75, 3.05) is 33.9 Å². The van der Waals surface area contributed by atoms with Crippen molar-refractivity contribution in [3.63, 3.8) is 0 Å². The van der Waals surface area contributed by atoms with Crippen molar-refractivity contribution in [1.29, 1.82) is 0 Å². The van der Waals surface area contributed by atoms with E-state index in [-0.39, 0.29) is 12.7 Å². The first kappa shape index (κ1) is 24.0. The lowest BCUT2D eigenvalue weighted by molar-refractivity contribution is 0.0471. The predicted molar refractivity (Wildman–Crippen MR) is 83.9 cm³/mol. The Kier molecular flexibility index (Phi) is 15.6. The van der Waals surface area contributed by atoms with Crippen molar-refractivity contribution in [2.45, 2.75) is 51.2 Å². The molecule has 0 aliphatic carbocycles. The average molecular weight is 345 g/mol. The SMILES string of the molecule is CCCCCCC(O)CN(C)CC(O)CO.COS(=O)(=O)O. The van der Waals surface area contributed by atoms with E-state index in [2.05, 4.69) is 11.1 Å². The maximum atomic E-state index is 9.72. The lowest BCUT2D eigenvalue weighted by atomic mass is 10.1. The molecule has 2 unspecified atom stereocenters. The zero-order valence-electron chi connectivity index (χ0n) is 13.7. The summed E-state index contributed by atoms with van der Waals surface area (Å²) >= 11 is 0. The molecule has 4 N–H and O–H groups in total. The van der Waals surface area contributed by atoms with Crippen molar-refractivity contribution >= 4 is 10.4 Å². The van der Waals surface area contributed by atoms with E-state index in [1.807, 2.05) is 11.9 Å². The summed E-state index contributed by atoms with van der Waals surface area (Å²) in [5, 5.41) is 27.6. The second-order valence-electron chi connectivity index (χ2n) is 5.16. The molecule has 2 atom stereocenters. The van der Waals surface area contributed by atoms with Crippen LogP contribution in [0, 0.1) is 0 Å². The van der Waals surface area contributed by atoms with Crippen molar-refractivity contribution in [3.8, 4) is 0 Å². The fourth-order valence-corrected chi connectivity index (χ4v) is 1.75. The highest BCUT2D eigenvalue weighted by atomic mass is 32.3.